The molecule has 0 radical (unpaired) electrons. The van der Waals surface area contributed by atoms with E-state index in [2.05, 4.69) is 10.3 Å². The maximum Gasteiger partial charge on any atom is 0.174 e. The zero-order valence-electron chi connectivity index (χ0n) is 16.3. The number of thiocarbonyl (C=S) groups is 1. The molecule has 3 heterocycles. The summed E-state index contributed by atoms with van der Waals surface area (Å²) in [4.78, 5) is 6.48. The summed E-state index contributed by atoms with van der Waals surface area (Å²) in [6, 6.07) is 22.0. The molecule has 2 aromatic carbocycles. The maximum atomic E-state index is 13.3. The third kappa shape index (κ3) is 3.64. The van der Waals surface area contributed by atoms with E-state index in [9.17, 15) is 9.50 Å². The van der Waals surface area contributed by atoms with Gasteiger partial charge in [0.15, 0.2) is 5.11 Å². The van der Waals surface area contributed by atoms with Gasteiger partial charge in [-0.1, -0.05) is 6.07 Å². The third-order valence-electron chi connectivity index (χ3n) is 5.27. The number of hydrogen-bond donors (Lipinski definition) is 2. The molecule has 7 heteroatoms. The first-order chi connectivity index (χ1) is 15.1. The number of halogens is 1. The minimum Gasteiger partial charge on any atom is -0.508 e. The topological polar surface area (TPSA) is 61.5 Å². The Labute approximate surface area is 183 Å². The molecule has 2 atom stereocenters. The van der Waals surface area contributed by atoms with Crippen LogP contribution in [-0.4, -0.2) is 15.2 Å². The van der Waals surface area contributed by atoms with E-state index in [1.165, 1.54) is 12.1 Å². The van der Waals surface area contributed by atoms with Crippen LogP contribution in [0, 0.1) is 5.82 Å². The molecule has 154 valence electrons. The van der Waals surface area contributed by atoms with E-state index >= 15 is 0 Å². The summed E-state index contributed by atoms with van der Waals surface area (Å²) in [5, 5.41) is 13.6. The molecule has 2 aromatic heterocycles. The number of aromatic nitrogens is 1. The minimum atomic E-state index is -0.304. The second kappa shape index (κ2) is 7.85. The standard InChI is InChI=1S/C24H18FN3O2S/c25-16-6-4-15(5-7-16)20-12-13-21(30-20)23-22(19-3-1-2-14-26-19)27-24(31)28(23)17-8-10-18(29)11-9-17/h1-14,22-23,29H,(H,27,31)/t22-,23-/m1/s1. The smallest absolute Gasteiger partial charge is 0.174 e. The Morgan fingerprint density at radius 3 is 2.45 bits per heavy atom. The highest BCUT2D eigenvalue weighted by Crippen LogP contribution is 2.43. The van der Waals surface area contributed by atoms with Crippen LogP contribution in [0.15, 0.2) is 89.5 Å². The second-order valence-corrected chi connectivity index (χ2v) is 7.61. The van der Waals surface area contributed by atoms with Crippen LogP contribution in [0.25, 0.3) is 11.3 Å². The number of phenolic OH excluding ortho intramolecular Hbond substituents is 1. The van der Waals surface area contributed by atoms with Crippen LogP contribution in [0.3, 0.4) is 0 Å². The molecule has 0 amide bonds. The van der Waals surface area contributed by atoms with Crippen molar-refractivity contribution in [2.24, 2.45) is 0 Å². The first-order valence-electron chi connectivity index (χ1n) is 9.75. The molecule has 2 N–H and O–H groups in total. The predicted molar refractivity (Wildman–Crippen MR) is 120 cm³/mol. The van der Waals surface area contributed by atoms with E-state index in [4.69, 9.17) is 16.6 Å². The summed E-state index contributed by atoms with van der Waals surface area (Å²) < 4.78 is 19.5. The molecule has 5 nitrogen and oxygen atoms in total. The van der Waals surface area contributed by atoms with E-state index in [1.54, 1.807) is 42.6 Å². The van der Waals surface area contributed by atoms with Gasteiger partial charge >= 0.3 is 0 Å². The number of furan rings is 1. The highest BCUT2D eigenvalue weighted by Gasteiger charge is 2.42. The molecule has 0 aliphatic carbocycles. The quantitative estimate of drug-likeness (QED) is 0.424. The van der Waals surface area contributed by atoms with Gasteiger partial charge in [-0.05, 0) is 85.0 Å². The lowest BCUT2D eigenvalue weighted by molar-refractivity contribution is 0.439. The van der Waals surface area contributed by atoms with E-state index in [1.807, 2.05) is 35.2 Å². The van der Waals surface area contributed by atoms with Gasteiger partial charge < -0.3 is 19.7 Å². The van der Waals surface area contributed by atoms with Gasteiger partial charge in [-0.2, -0.15) is 0 Å². The number of aromatic hydroxyl groups is 1. The van der Waals surface area contributed by atoms with Crippen LogP contribution >= 0.6 is 12.2 Å². The van der Waals surface area contributed by atoms with Crippen LogP contribution in [0.1, 0.15) is 23.5 Å². The number of nitrogens with zero attached hydrogens (tertiary/aromatic N) is 2. The minimum absolute atomic E-state index is 0.177. The first kappa shape index (κ1) is 19.3. The van der Waals surface area contributed by atoms with E-state index in [-0.39, 0.29) is 23.7 Å². The SMILES string of the molecule is Oc1ccc(N2C(=S)N[C@H](c3ccccn3)[C@H]2c2ccc(-c3ccc(F)cc3)o2)cc1. The molecule has 0 bridgehead atoms. The molecule has 1 aliphatic rings. The summed E-state index contributed by atoms with van der Waals surface area (Å²) >= 11 is 5.67. The van der Waals surface area contributed by atoms with Crippen LogP contribution in [-0.2, 0) is 0 Å². The number of anilines is 1. The molecule has 31 heavy (non-hydrogen) atoms. The maximum absolute atomic E-state index is 13.3. The molecule has 1 aliphatic heterocycles. The van der Waals surface area contributed by atoms with Crippen molar-refractivity contribution in [1.29, 1.82) is 0 Å². The van der Waals surface area contributed by atoms with Crippen molar-refractivity contribution in [3.8, 4) is 17.1 Å². The Balaban J connectivity index is 1.59. The second-order valence-electron chi connectivity index (χ2n) is 7.22. The molecule has 0 spiro atoms. The highest BCUT2D eigenvalue weighted by molar-refractivity contribution is 7.80. The van der Waals surface area contributed by atoms with Crippen molar-refractivity contribution in [3.63, 3.8) is 0 Å². The molecular formula is C24H18FN3O2S. The van der Waals surface area contributed by atoms with Crippen molar-refractivity contribution in [3.05, 3.63) is 102 Å². The van der Waals surface area contributed by atoms with E-state index in [0.717, 1.165) is 16.9 Å². The summed E-state index contributed by atoms with van der Waals surface area (Å²) in [6.45, 7) is 0. The van der Waals surface area contributed by atoms with Gasteiger partial charge in [0.05, 0.1) is 11.7 Å². The lowest BCUT2D eigenvalue weighted by Crippen LogP contribution is -2.29. The number of phenols is 1. The molecule has 4 aromatic rings. The monoisotopic (exact) mass is 431 g/mol. The fraction of sp³-hybridized carbons (Fsp3) is 0.0833. The zero-order chi connectivity index (χ0) is 21.4. The lowest BCUT2D eigenvalue weighted by Gasteiger charge is -2.26. The molecule has 0 unspecified atom stereocenters. The molecule has 1 saturated heterocycles. The summed E-state index contributed by atoms with van der Waals surface area (Å²) in [5.41, 5.74) is 2.43. The van der Waals surface area contributed by atoms with E-state index in [0.29, 0.717) is 16.6 Å². The number of pyridine rings is 1. The van der Waals surface area contributed by atoms with Crippen LogP contribution in [0.5, 0.6) is 5.75 Å². The van der Waals surface area contributed by atoms with Gasteiger partial charge in [0.1, 0.15) is 29.1 Å². The average Bonchev–Trinajstić information content (AvgIpc) is 3.40. The lowest BCUT2D eigenvalue weighted by atomic mass is 10.0. The van der Waals surface area contributed by atoms with Crippen LogP contribution < -0.4 is 10.2 Å². The van der Waals surface area contributed by atoms with Crippen LogP contribution in [0.4, 0.5) is 10.1 Å². The van der Waals surface area contributed by atoms with Crippen molar-refractivity contribution in [2.45, 2.75) is 12.1 Å². The fourth-order valence-electron chi connectivity index (χ4n) is 3.82. The van der Waals surface area contributed by atoms with Gasteiger partial charge in [0.2, 0.25) is 0 Å². The van der Waals surface area contributed by atoms with Crippen molar-refractivity contribution in [1.82, 2.24) is 10.3 Å². The molecule has 5 rings (SSSR count). The number of benzene rings is 2. The van der Waals surface area contributed by atoms with E-state index < -0.39 is 0 Å². The normalized spacial score (nSPS) is 18.2. The predicted octanol–water partition coefficient (Wildman–Crippen LogP) is 5.36. The van der Waals surface area contributed by atoms with Gasteiger partial charge in [-0.15, -0.1) is 0 Å². The largest absolute Gasteiger partial charge is 0.508 e. The van der Waals surface area contributed by atoms with Crippen molar-refractivity contribution >= 4 is 23.0 Å². The Hall–Kier alpha value is -3.71. The van der Waals surface area contributed by atoms with Gasteiger partial charge in [0.25, 0.3) is 0 Å². The average molecular weight is 431 g/mol. The van der Waals surface area contributed by atoms with Crippen molar-refractivity contribution in [2.75, 3.05) is 4.90 Å². The van der Waals surface area contributed by atoms with Gasteiger partial charge in [-0.25, -0.2) is 4.39 Å². The first-order valence-corrected chi connectivity index (χ1v) is 10.2. The molecule has 1 fully saturated rings. The Morgan fingerprint density at radius 1 is 0.968 bits per heavy atom. The Bertz CT molecular complexity index is 1210. The summed E-state index contributed by atoms with van der Waals surface area (Å²) in [5.74, 6) is 1.21. The zero-order valence-corrected chi connectivity index (χ0v) is 17.1. The third-order valence-corrected chi connectivity index (χ3v) is 5.59. The summed E-state index contributed by atoms with van der Waals surface area (Å²) in [6.07, 6.45) is 1.74. The number of rotatable bonds is 4. The van der Waals surface area contributed by atoms with Gasteiger partial charge in [-0.3, -0.25) is 4.98 Å². The Kier molecular flexibility index (Phi) is 4.88. The molecule has 0 saturated carbocycles. The fourth-order valence-corrected chi connectivity index (χ4v) is 4.16. The molecular weight excluding hydrogens is 413 g/mol. The number of hydrogen-bond acceptors (Lipinski definition) is 4. The summed E-state index contributed by atoms with van der Waals surface area (Å²) in [7, 11) is 0. The number of nitrogens with one attached hydrogen (secondary N) is 1. The Morgan fingerprint density at radius 2 is 1.74 bits per heavy atom. The van der Waals surface area contributed by atoms with Gasteiger partial charge in [0, 0.05) is 17.4 Å². The highest BCUT2D eigenvalue weighted by atomic mass is 32.1. The van der Waals surface area contributed by atoms with Crippen LogP contribution in [0.2, 0.25) is 0 Å². The van der Waals surface area contributed by atoms with Crippen molar-refractivity contribution < 1.29 is 13.9 Å².